The molecule has 1 aromatic carbocycles. The first-order chi connectivity index (χ1) is 14.2. The second kappa shape index (κ2) is 9.44. The Kier molecular flexibility index (Phi) is 6.49. The van der Waals surface area contributed by atoms with Gasteiger partial charge in [0.1, 0.15) is 0 Å². The normalized spacial score (nSPS) is 22.2. The lowest BCUT2D eigenvalue weighted by Gasteiger charge is -2.29. The molecule has 156 valence electrons. The summed E-state index contributed by atoms with van der Waals surface area (Å²) in [6.45, 7) is 6.62. The van der Waals surface area contributed by atoms with E-state index in [9.17, 15) is 4.79 Å². The molecule has 3 aliphatic heterocycles. The molecule has 1 saturated heterocycles. The molecule has 0 saturated carbocycles. The number of nitrogens with one attached hydrogen (secondary N) is 1. The zero-order valence-corrected chi connectivity index (χ0v) is 17.5. The fourth-order valence-corrected chi connectivity index (χ4v) is 4.66. The number of likely N-dealkylation sites (tertiary alicyclic amines) is 1. The van der Waals surface area contributed by atoms with Gasteiger partial charge in [-0.05, 0) is 30.4 Å². The van der Waals surface area contributed by atoms with Crippen LogP contribution in [0.4, 0.5) is 0 Å². The number of amides is 1. The average molecular weight is 396 g/mol. The molecule has 1 fully saturated rings. The molecule has 29 heavy (non-hydrogen) atoms. The standard InChI is InChI=1S/C23H33N5O/c1-24-23(28-16-11-21(18-28)26-13-4-5-14-26)25-12-6-9-22(29)27-15-10-19-7-2-3-8-20(19)17-27/h2-5,7-8,21H,6,9-18H2,1H3,(H,24,25). The van der Waals surface area contributed by atoms with Crippen molar-refractivity contribution in [3.63, 3.8) is 0 Å². The molecule has 4 rings (SSSR count). The number of aliphatic imine (C=N–C) groups is 1. The van der Waals surface area contributed by atoms with Crippen LogP contribution in [0.5, 0.6) is 0 Å². The third-order valence-electron chi connectivity index (χ3n) is 6.37. The summed E-state index contributed by atoms with van der Waals surface area (Å²) < 4.78 is 0. The van der Waals surface area contributed by atoms with Crippen molar-refractivity contribution in [2.24, 2.45) is 4.99 Å². The summed E-state index contributed by atoms with van der Waals surface area (Å²) in [5.74, 6) is 1.23. The minimum Gasteiger partial charge on any atom is -0.356 e. The van der Waals surface area contributed by atoms with E-state index in [1.165, 1.54) is 17.5 Å². The summed E-state index contributed by atoms with van der Waals surface area (Å²) in [6, 6.07) is 9.08. The Labute approximate surface area is 174 Å². The minimum absolute atomic E-state index is 0.263. The van der Waals surface area contributed by atoms with Gasteiger partial charge in [0.2, 0.25) is 5.91 Å². The molecular weight excluding hydrogens is 362 g/mol. The fraction of sp³-hybridized carbons (Fsp3) is 0.565. The van der Waals surface area contributed by atoms with Crippen LogP contribution < -0.4 is 5.32 Å². The molecule has 3 aliphatic rings. The van der Waals surface area contributed by atoms with Gasteiger partial charge in [-0.25, -0.2) is 0 Å². The van der Waals surface area contributed by atoms with Crippen LogP contribution in [0.25, 0.3) is 0 Å². The first-order valence-electron chi connectivity index (χ1n) is 10.9. The predicted octanol–water partition coefficient (Wildman–Crippen LogP) is 1.87. The first kappa shape index (κ1) is 20.0. The van der Waals surface area contributed by atoms with Crippen molar-refractivity contribution < 1.29 is 4.79 Å². The molecule has 1 N–H and O–H groups in total. The third-order valence-corrected chi connectivity index (χ3v) is 6.37. The number of hydrogen-bond donors (Lipinski definition) is 1. The van der Waals surface area contributed by atoms with Crippen LogP contribution in [0.3, 0.4) is 0 Å². The summed E-state index contributed by atoms with van der Waals surface area (Å²) in [5, 5.41) is 3.47. The summed E-state index contributed by atoms with van der Waals surface area (Å²) >= 11 is 0. The molecule has 6 nitrogen and oxygen atoms in total. The lowest BCUT2D eigenvalue weighted by Crippen LogP contribution is -2.43. The van der Waals surface area contributed by atoms with Gasteiger partial charge in [-0.1, -0.05) is 36.4 Å². The topological polar surface area (TPSA) is 51.2 Å². The smallest absolute Gasteiger partial charge is 0.222 e. The van der Waals surface area contributed by atoms with E-state index in [2.05, 4.69) is 56.5 Å². The Hall–Kier alpha value is -2.34. The van der Waals surface area contributed by atoms with Crippen molar-refractivity contribution in [2.75, 3.05) is 46.3 Å². The molecule has 0 bridgehead atoms. The summed E-state index contributed by atoms with van der Waals surface area (Å²) in [6.07, 6.45) is 8.10. The first-order valence-corrected chi connectivity index (χ1v) is 10.9. The van der Waals surface area contributed by atoms with Crippen LogP contribution in [0.1, 0.15) is 30.4 Å². The van der Waals surface area contributed by atoms with E-state index >= 15 is 0 Å². The van der Waals surface area contributed by atoms with Crippen LogP contribution in [-0.2, 0) is 17.8 Å². The zero-order valence-electron chi connectivity index (χ0n) is 17.5. The molecule has 1 aromatic rings. The minimum atomic E-state index is 0.263. The molecule has 1 unspecified atom stereocenters. The molecule has 0 radical (unpaired) electrons. The van der Waals surface area contributed by atoms with Crippen molar-refractivity contribution >= 4 is 11.9 Å². The van der Waals surface area contributed by atoms with Crippen molar-refractivity contribution in [1.29, 1.82) is 0 Å². The Morgan fingerprint density at radius 3 is 2.72 bits per heavy atom. The maximum absolute atomic E-state index is 12.6. The van der Waals surface area contributed by atoms with Gasteiger partial charge in [0.15, 0.2) is 5.96 Å². The van der Waals surface area contributed by atoms with Crippen LogP contribution in [0, 0.1) is 0 Å². The number of fused-ring (bicyclic) bond motifs is 1. The Bertz CT molecular complexity index is 766. The van der Waals surface area contributed by atoms with E-state index in [1.54, 1.807) is 0 Å². The van der Waals surface area contributed by atoms with E-state index < -0.39 is 0 Å². The predicted molar refractivity (Wildman–Crippen MR) is 117 cm³/mol. The largest absolute Gasteiger partial charge is 0.356 e. The summed E-state index contributed by atoms with van der Waals surface area (Å²) in [5.41, 5.74) is 2.68. The van der Waals surface area contributed by atoms with Crippen LogP contribution in [0.2, 0.25) is 0 Å². The lowest BCUT2D eigenvalue weighted by atomic mass is 9.99. The highest BCUT2D eigenvalue weighted by Crippen LogP contribution is 2.20. The molecule has 0 spiro atoms. The van der Waals surface area contributed by atoms with Crippen molar-refractivity contribution in [2.45, 2.75) is 38.3 Å². The number of carbonyl (C=O) groups excluding carboxylic acids is 1. The monoisotopic (exact) mass is 395 g/mol. The van der Waals surface area contributed by atoms with Gasteiger partial charge < -0.3 is 15.1 Å². The van der Waals surface area contributed by atoms with Gasteiger partial charge >= 0.3 is 0 Å². The van der Waals surface area contributed by atoms with Crippen molar-refractivity contribution in [3.8, 4) is 0 Å². The fourth-order valence-electron chi connectivity index (χ4n) is 4.66. The van der Waals surface area contributed by atoms with E-state index in [0.29, 0.717) is 12.5 Å². The quantitative estimate of drug-likeness (QED) is 0.358. The molecule has 1 amide bonds. The van der Waals surface area contributed by atoms with Gasteiger partial charge in [-0.3, -0.25) is 14.7 Å². The highest BCUT2D eigenvalue weighted by molar-refractivity contribution is 5.80. The van der Waals surface area contributed by atoms with Crippen molar-refractivity contribution in [1.82, 2.24) is 20.0 Å². The highest BCUT2D eigenvalue weighted by atomic mass is 16.2. The number of guanidine groups is 1. The summed E-state index contributed by atoms with van der Waals surface area (Å²) in [7, 11) is 1.85. The maximum atomic E-state index is 12.6. The molecular formula is C23H33N5O. The van der Waals surface area contributed by atoms with E-state index in [4.69, 9.17) is 0 Å². The van der Waals surface area contributed by atoms with E-state index in [1.807, 2.05) is 11.9 Å². The van der Waals surface area contributed by atoms with Crippen LogP contribution in [0.15, 0.2) is 41.4 Å². The Morgan fingerprint density at radius 2 is 1.93 bits per heavy atom. The second-order valence-electron chi connectivity index (χ2n) is 8.23. The van der Waals surface area contributed by atoms with Gasteiger partial charge in [0.05, 0.1) is 0 Å². The SMILES string of the molecule is CN=C(NCCCC(=O)N1CCc2ccccc2C1)N1CCC(N2CC=CC2)C1. The maximum Gasteiger partial charge on any atom is 0.222 e. The molecule has 3 heterocycles. The van der Waals surface area contributed by atoms with Crippen molar-refractivity contribution in [3.05, 3.63) is 47.5 Å². The third kappa shape index (κ3) is 4.81. The van der Waals surface area contributed by atoms with E-state index in [-0.39, 0.29) is 5.91 Å². The summed E-state index contributed by atoms with van der Waals surface area (Å²) in [4.78, 5) is 24.0. The number of hydrogen-bond acceptors (Lipinski definition) is 3. The van der Waals surface area contributed by atoms with Gasteiger partial charge in [-0.15, -0.1) is 0 Å². The second-order valence-corrected chi connectivity index (χ2v) is 8.23. The van der Waals surface area contributed by atoms with Crippen LogP contribution >= 0.6 is 0 Å². The average Bonchev–Trinajstić information content (AvgIpc) is 3.45. The number of carbonyl (C=O) groups is 1. The van der Waals surface area contributed by atoms with Gasteiger partial charge in [-0.2, -0.15) is 0 Å². The van der Waals surface area contributed by atoms with E-state index in [0.717, 1.165) is 64.6 Å². The molecule has 1 atom stereocenters. The molecule has 0 aliphatic carbocycles. The van der Waals surface area contributed by atoms with Gasteiger partial charge in [0.25, 0.3) is 0 Å². The zero-order chi connectivity index (χ0) is 20.1. The Balaban J connectivity index is 1.17. The molecule has 0 aromatic heterocycles. The Morgan fingerprint density at radius 1 is 1.14 bits per heavy atom. The highest BCUT2D eigenvalue weighted by Gasteiger charge is 2.29. The number of rotatable bonds is 5. The number of nitrogens with zero attached hydrogens (tertiary/aromatic N) is 4. The van der Waals surface area contributed by atoms with Gasteiger partial charge in [0, 0.05) is 65.3 Å². The molecule has 6 heteroatoms. The number of benzene rings is 1. The van der Waals surface area contributed by atoms with Crippen LogP contribution in [-0.4, -0.2) is 78.9 Å². The lowest BCUT2D eigenvalue weighted by molar-refractivity contribution is -0.132.